The van der Waals surface area contributed by atoms with E-state index in [9.17, 15) is 18.8 Å². The molecule has 3 saturated heterocycles. The monoisotopic (exact) mass is 834 g/mol. The summed E-state index contributed by atoms with van der Waals surface area (Å²) in [5.74, 6) is -3.48. The molecule has 14 nitrogen and oxygen atoms in total. The fourth-order valence-electron chi connectivity index (χ4n) is 9.18. The number of halogens is 3. The lowest BCUT2D eigenvalue weighted by Gasteiger charge is -2.57. The molecule has 7 heterocycles. The van der Waals surface area contributed by atoms with Crippen molar-refractivity contribution in [2.45, 2.75) is 69.8 Å². The van der Waals surface area contributed by atoms with E-state index in [1.54, 1.807) is 6.20 Å². The molecule has 5 aromatic rings. The Morgan fingerprint density at radius 1 is 1.00 bits per heavy atom. The van der Waals surface area contributed by atoms with E-state index in [0.717, 1.165) is 33.5 Å². The van der Waals surface area contributed by atoms with Gasteiger partial charge in [0.25, 0.3) is 11.8 Å². The first kappa shape index (κ1) is 39.1. The van der Waals surface area contributed by atoms with Gasteiger partial charge in [0.2, 0.25) is 11.8 Å². The Morgan fingerprint density at radius 3 is 2.59 bits per heavy atom. The highest BCUT2D eigenvalue weighted by atomic mass is 19.3. The van der Waals surface area contributed by atoms with E-state index in [1.165, 1.54) is 10.7 Å². The van der Waals surface area contributed by atoms with E-state index in [1.807, 2.05) is 66.4 Å². The number of alkyl halides is 3. The number of imidazole rings is 1. The molecule has 1 spiro atoms. The number of hydrogen-bond acceptors (Lipinski definition) is 11. The fraction of sp³-hybridized carbons (Fsp3) is 0.409. The summed E-state index contributed by atoms with van der Waals surface area (Å²) in [4.78, 5) is 50.2. The van der Waals surface area contributed by atoms with Gasteiger partial charge in [-0.3, -0.25) is 34.5 Å². The molecular formula is C44H45F3N10O4. The molecule has 4 N–H and O–H groups in total. The standard InChI is InChI=1S/C44H45F3N10O4/c1-25-5-6-26(15-31(25)30-8-10-36(58)53-41(30)59)20-55-13-11-43(44(46,47)24-55)22-56(23-43)21-27-7-9-33(49-18-27)28-3-2-4-29(16-28)51-39-38-37(48-12-14-61-38)40-50-19-35(57(40)54-39)42(60)52-34-17-32(34)45/h2-7,9,15-16,18-19,30,32,34,48H,8,10-14,17,20-24H2,1H3,(H,51,54)(H,52,60)(H,53,58,59)/t30?,32-,34?/m0/s1. The van der Waals surface area contributed by atoms with E-state index in [0.29, 0.717) is 93.7 Å². The van der Waals surface area contributed by atoms with Gasteiger partial charge < -0.3 is 20.7 Å². The molecule has 2 aromatic carbocycles. The van der Waals surface area contributed by atoms with Crippen LogP contribution >= 0.6 is 0 Å². The molecule has 1 saturated carbocycles. The molecule has 3 aromatic heterocycles. The van der Waals surface area contributed by atoms with Crippen molar-refractivity contribution in [3.8, 4) is 17.0 Å². The third-order valence-corrected chi connectivity index (χ3v) is 12.7. The maximum absolute atomic E-state index is 15.9. The number of aromatic nitrogens is 4. The van der Waals surface area contributed by atoms with Crippen LogP contribution in [0.5, 0.6) is 5.75 Å². The van der Waals surface area contributed by atoms with Crippen molar-refractivity contribution >= 4 is 40.6 Å². The number of likely N-dealkylation sites (tertiary alicyclic amines) is 2. The SMILES string of the molecule is Cc1ccc(CN2CCC3(CN(Cc4ccc(-c5cccc(Nc6nn7c(C(=O)NC8C[C@@H]8F)cnc7c7c6OCCN7)c5)nc4)C3)C(F)(F)C2)cc1C1CCC(=O)NC1=O. The molecule has 0 radical (unpaired) electrons. The van der Waals surface area contributed by atoms with E-state index >= 15 is 8.78 Å². The van der Waals surface area contributed by atoms with Gasteiger partial charge in [-0.2, -0.15) is 0 Å². The summed E-state index contributed by atoms with van der Waals surface area (Å²) >= 11 is 0. The Bertz CT molecular complexity index is 2560. The van der Waals surface area contributed by atoms with Crippen molar-refractivity contribution < 1.29 is 32.3 Å². The normalized spacial score (nSPS) is 23.0. The quantitative estimate of drug-likeness (QED) is 0.135. The molecule has 5 aliphatic rings. The lowest BCUT2D eigenvalue weighted by Crippen LogP contribution is -2.69. The highest BCUT2D eigenvalue weighted by Gasteiger charge is 2.62. The number of imide groups is 1. The van der Waals surface area contributed by atoms with Crippen LogP contribution in [0.4, 0.5) is 30.4 Å². The zero-order valence-electron chi connectivity index (χ0n) is 33.5. The Morgan fingerprint density at radius 2 is 1.82 bits per heavy atom. The number of nitrogens with zero attached hydrogens (tertiary/aromatic N) is 6. The minimum Gasteiger partial charge on any atom is -0.486 e. The van der Waals surface area contributed by atoms with Gasteiger partial charge in [0.1, 0.15) is 18.5 Å². The molecule has 316 valence electrons. The van der Waals surface area contributed by atoms with Crippen molar-refractivity contribution in [3.63, 3.8) is 0 Å². The van der Waals surface area contributed by atoms with E-state index in [-0.39, 0.29) is 30.5 Å². The Balaban J connectivity index is 0.768. The van der Waals surface area contributed by atoms with Crippen molar-refractivity contribution in [2.24, 2.45) is 5.41 Å². The maximum atomic E-state index is 15.9. The van der Waals surface area contributed by atoms with Gasteiger partial charge >= 0.3 is 0 Å². The number of benzene rings is 2. The van der Waals surface area contributed by atoms with Crippen LogP contribution in [0.3, 0.4) is 0 Å². The number of piperidine rings is 2. The molecular weight excluding hydrogens is 790 g/mol. The first-order valence-electron chi connectivity index (χ1n) is 20.7. The predicted octanol–water partition coefficient (Wildman–Crippen LogP) is 5.35. The third-order valence-electron chi connectivity index (χ3n) is 12.7. The topological polar surface area (TPSA) is 158 Å². The second kappa shape index (κ2) is 15.1. The molecule has 17 heteroatoms. The molecule has 0 bridgehead atoms. The molecule has 4 aliphatic heterocycles. The number of anilines is 3. The summed E-state index contributed by atoms with van der Waals surface area (Å²) in [7, 11) is 0. The molecule has 1 aliphatic carbocycles. The van der Waals surface area contributed by atoms with Gasteiger partial charge in [0.15, 0.2) is 22.9 Å². The molecule has 2 unspecified atom stereocenters. The van der Waals surface area contributed by atoms with Crippen LogP contribution in [0.15, 0.2) is 67.0 Å². The number of aryl methyl sites for hydroxylation is 1. The van der Waals surface area contributed by atoms with Crippen LogP contribution in [0.2, 0.25) is 0 Å². The van der Waals surface area contributed by atoms with Crippen LogP contribution in [0.25, 0.3) is 16.9 Å². The number of hydrogen-bond donors (Lipinski definition) is 4. The van der Waals surface area contributed by atoms with Crippen LogP contribution in [0.1, 0.15) is 64.3 Å². The van der Waals surface area contributed by atoms with Crippen LogP contribution in [-0.2, 0) is 22.7 Å². The third kappa shape index (κ3) is 7.43. The summed E-state index contributed by atoms with van der Waals surface area (Å²) in [5.41, 5.74) is 5.99. The van der Waals surface area contributed by atoms with Crippen molar-refractivity contribution in [3.05, 3.63) is 94.9 Å². The van der Waals surface area contributed by atoms with Crippen LogP contribution in [0, 0.1) is 12.3 Å². The number of carbonyl (C=O) groups is 3. The molecule has 61 heavy (non-hydrogen) atoms. The number of ether oxygens (including phenoxy) is 1. The smallest absolute Gasteiger partial charge is 0.271 e. The van der Waals surface area contributed by atoms with Crippen molar-refractivity contribution in [2.75, 3.05) is 50.0 Å². The Labute approximate surface area is 349 Å². The average Bonchev–Trinajstić information content (AvgIpc) is 3.74. The van der Waals surface area contributed by atoms with Crippen LogP contribution in [-0.4, -0.2) is 105 Å². The minimum absolute atomic E-state index is 0.177. The van der Waals surface area contributed by atoms with Gasteiger partial charge in [-0.15, -0.1) is 5.10 Å². The highest BCUT2D eigenvalue weighted by molar-refractivity contribution is 6.01. The zero-order chi connectivity index (χ0) is 42.0. The minimum atomic E-state index is -2.87. The number of nitrogens with one attached hydrogen (secondary N) is 4. The lowest BCUT2D eigenvalue weighted by molar-refractivity contribution is -0.227. The second-order valence-corrected chi connectivity index (χ2v) is 17.1. The summed E-state index contributed by atoms with van der Waals surface area (Å²) < 4.78 is 52.8. The number of carbonyl (C=O) groups excluding carboxylic acids is 3. The van der Waals surface area contributed by atoms with Gasteiger partial charge in [-0.25, -0.2) is 22.7 Å². The fourth-order valence-corrected chi connectivity index (χ4v) is 9.18. The zero-order valence-corrected chi connectivity index (χ0v) is 33.5. The maximum Gasteiger partial charge on any atom is 0.271 e. The van der Waals surface area contributed by atoms with Crippen molar-refractivity contribution in [1.29, 1.82) is 0 Å². The summed E-state index contributed by atoms with van der Waals surface area (Å²) in [6.07, 6.45) is 3.57. The first-order valence-corrected chi connectivity index (χ1v) is 20.7. The summed E-state index contributed by atoms with van der Waals surface area (Å²) in [5, 5.41) is 16.4. The number of rotatable bonds is 10. The van der Waals surface area contributed by atoms with Gasteiger partial charge in [0, 0.05) is 63.0 Å². The van der Waals surface area contributed by atoms with E-state index in [2.05, 4.69) is 36.2 Å². The number of pyridine rings is 1. The van der Waals surface area contributed by atoms with Crippen LogP contribution < -0.4 is 26.0 Å². The van der Waals surface area contributed by atoms with E-state index < -0.39 is 35.4 Å². The van der Waals surface area contributed by atoms with Gasteiger partial charge in [-0.05, 0) is 66.8 Å². The summed E-state index contributed by atoms with van der Waals surface area (Å²) in [6.45, 7) is 4.60. The number of amides is 3. The van der Waals surface area contributed by atoms with Gasteiger partial charge in [0.05, 0.1) is 35.8 Å². The molecule has 10 rings (SSSR count). The summed E-state index contributed by atoms with van der Waals surface area (Å²) in [6, 6.07) is 16.8. The number of fused-ring (bicyclic) bond motifs is 3. The molecule has 4 fully saturated rings. The first-order chi connectivity index (χ1) is 29.4. The van der Waals surface area contributed by atoms with E-state index in [4.69, 9.17) is 9.72 Å². The predicted molar refractivity (Wildman–Crippen MR) is 220 cm³/mol. The largest absolute Gasteiger partial charge is 0.486 e. The second-order valence-electron chi connectivity index (χ2n) is 17.1. The Kier molecular flexibility index (Phi) is 9.70. The molecule has 3 amide bonds. The van der Waals surface area contributed by atoms with Crippen molar-refractivity contribution in [1.82, 2.24) is 40.0 Å². The molecule has 3 atom stereocenters. The van der Waals surface area contributed by atoms with Gasteiger partial charge in [-0.1, -0.05) is 36.4 Å². The lowest BCUT2D eigenvalue weighted by atomic mass is 9.69. The Hall–Kier alpha value is -6.07. The average molecular weight is 835 g/mol. The highest BCUT2D eigenvalue weighted by Crippen LogP contribution is 2.51.